The highest BCUT2D eigenvalue weighted by Crippen LogP contribution is 2.16. The van der Waals surface area contributed by atoms with Crippen LogP contribution in [0.15, 0.2) is 36.5 Å². The van der Waals surface area contributed by atoms with E-state index in [1.54, 1.807) is 7.11 Å². The third-order valence-electron chi connectivity index (χ3n) is 3.49. The molecule has 1 aromatic carbocycles. The predicted molar refractivity (Wildman–Crippen MR) is 79.2 cm³/mol. The predicted octanol–water partition coefficient (Wildman–Crippen LogP) is 3.14. The van der Waals surface area contributed by atoms with E-state index < -0.39 is 0 Å². The van der Waals surface area contributed by atoms with E-state index in [0.29, 0.717) is 0 Å². The van der Waals surface area contributed by atoms with E-state index >= 15 is 0 Å². The summed E-state index contributed by atoms with van der Waals surface area (Å²) in [4.78, 5) is 4.46. The van der Waals surface area contributed by atoms with Crippen LogP contribution < -0.4 is 5.32 Å². The van der Waals surface area contributed by atoms with Crippen LogP contribution in [0, 0.1) is 0 Å². The quantitative estimate of drug-likeness (QED) is 0.808. The van der Waals surface area contributed by atoms with Crippen LogP contribution in [0.2, 0.25) is 0 Å². The monoisotopic (exact) mass is 258 g/mol. The maximum absolute atomic E-state index is 5.41. The Bertz CT molecular complexity index is 532. The van der Waals surface area contributed by atoms with Gasteiger partial charge in [-0.15, -0.1) is 0 Å². The van der Waals surface area contributed by atoms with E-state index in [1.165, 1.54) is 10.9 Å². The highest BCUT2D eigenvalue weighted by atomic mass is 16.5. The van der Waals surface area contributed by atoms with Crippen molar-refractivity contribution in [3.05, 3.63) is 42.1 Å². The Morgan fingerprint density at radius 1 is 1.21 bits per heavy atom. The van der Waals surface area contributed by atoms with E-state index in [4.69, 9.17) is 4.74 Å². The van der Waals surface area contributed by atoms with Crippen molar-refractivity contribution >= 4 is 10.9 Å². The first-order valence-corrected chi connectivity index (χ1v) is 6.71. The van der Waals surface area contributed by atoms with Crippen LogP contribution in [0.1, 0.15) is 25.8 Å². The van der Waals surface area contributed by atoms with Crippen molar-refractivity contribution in [3.8, 4) is 0 Å². The van der Waals surface area contributed by atoms with Crippen LogP contribution in [0.4, 0.5) is 0 Å². The lowest BCUT2D eigenvalue weighted by molar-refractivity contribution is 0.0158. The molecule has 2 aromatic rings. The molecule has 102 valence electrons. The van der Waals surface area contributed by atoms with E-state index in [-0.39, 0.29) is 5.60 Å². The second-order valence-electron chi connectivity index (χ2n) is 5.38. The number of nitrogens with zero attached hydrogens (tertiary/aromatic N) is 1. The summed E-state index contributed by atoms with van der Waals surface area (Å²) >= 11 is 0. The average Bonchev–Trinajstić information content (AvgIpc) is 2.44. The Balaban J connectivity index is 1.95. The number of para-hydroxylation sites is 1. The first-order chi connectivity index (χ1) is 9.12. The number of hydrogen-bond acceptors (Lipinski definition) is 3. The molecule has 0 spiro atoms. The molecule has 0 atom stereocenters. The number of rotatable bonds is 6. The second kappa shape index (κ2) is 6.13. The lowest BCUT2D eigenvalue weighted by Gasteiger charge is -2.22. The van der Waals surface area contributed by atoms with Gasteiger partial charge in [0.1, 0.15) is 0 Å². The van der Waals surface area contributed by atoms with Crippen molar-refractivity contribution in [2.45, 2.75) is 32.4 Å². The van der Waals surface area contributed by atoms with Crippen molar-refractivity contribution in [1.29, 1.82) is 0 Å². The standard InChI is InChI=1S/C16H22N2O/c1-16(2,19-3)9-11-17-12-14-7-4-6-13-8-5-10-18-15(13)14/h4-8,10,17H,9,11-12H2,1-3H3. The number of fused-ring (bicyclic) bond motifs is 1. The first kappa shape index (κ1) is 14.0. The van der Waals surface area contributed by atoms with Gasteiger partial charge in [0.25, 0.3) is 0 Å². The van der Waals surface area contributed by atoms with Crippen molar-refractivity contribution < 1.29 is 4.74 Å². The third kappa shape index (κ3) is 3.75. The molecule has 0 saturated carbocycles. The number of pyridine rings is 1. The topological polar surface area (TPSA) is 34.1 Å². The third-order valence-corrected chi connectivity index (χ3v) is 3.49. The molecule has 19 heavy (non-hydrogen) atoms. The molecule has 3 heteroatoms. The molecule has 0 unspecified atom stereocenters. The summed E-state index contributed by atoms with van der Waals surface area (Å²) in [5.74, 6) is 0. The molecule has 1 N–H and O–H groups in total. The van der Waals surface area contributed by atoms with Gasteiger partial charge in [0.05, 0.1) is 11.1 Å². The highest BCUT2D eigenvalue weighted by Gasteiger charge is 2.15. The number of methoxy groups -OCH3 is 1. The zero-order chi connectivity index (χ0) is 13.7. The molecule has 3 nitrogen and oxygen atoms in total. The van der Waals surface area contributed by atoms with E-state index in [0.717, 1.165) is 25.0 Å². The second-order valence-corrected chi connectivity index (χ2v) is 5.38. The minimum atomic E-state index is -0.0655. The molecular formula is C16H22N2O. The molecule has 0 saturated heterocycles. The molecule has 1 aromatic heterocycles. The zero-order valence-electron chi connectivity index (χ0n) is 11.9. The highest BCUT2D eigenvalue weighted by molar-refractivity contribution is 5.81. The van der Waals surface area contributed by atoms with Crippen molar-refractivity contribution in [1.82, 2.24) is 10.3 Å². The summed E-state index contributed by atoms with van der Waals surface area (Å²) in [6, 6.07) is 10.4. The molecule has 1 heterocycles. The Morgan fingerprint density at radius 3 is 2.79 bits per heavy atom. The molecule has 2 rings (SSSR count). The fraction of sp³-hybridized carbons (Fsp3) is 0.438. The van der Waals surface area contributed by atoms with Crippen LogP contribution in [-0.4, -0.2) is 24.2 Å². The van der Waals surface area contributed by atoms with E-state index in [9.17, 15) is 0 Å². The molecular weight excluding hydrogens is 236 g/mol. The normalized spacial score (nSPS) is 11.9. The van der Waals surface area contributed by atoms with Crippen LogP contribution in [-0.2, 0) is 11.3 Å². The minimum absolute atomic E-state index is 0.0655. The van der Waals surface area contributed by atoms with Gasteiger partial charge >= 0.3 is 0 Å². The van der Waals surface area contributed by atoms with Crippen LogP contribution >= 0.6 is 0 Å². The number of benzene rings is 1. The number of nitrogens with one attached hydrogen (secondary N) is 1. The van der Waals surface area contributed by atoms with Gasteiger partial charge in [0.2, 0.25) is 0 Å². The Morgan fingerprint density at radius 2 is 2.00 bits per heavy atom. The molecule has 0 radical (unpaired) electrons. The Labute approximate surface area is 115 Å². The van der Waals surface area contributed by atoms with E-state index in [1.807, 2.05) is 12.3 Å². The summed E-state index contributed by atoms with van der Waals surface area (Å²) < 4.78 is 5.41. The largest absolute Gasteiger partial charge is 0.379 e. The molecule has 0 aliphatic rings. The number of aromatic nitrogens is 1. The van der Waals surface area contributed by atoms with Crippen molar-refractivity contribution in [3.63, 3.8) is 0 Å². The lowest BCUT2D eigenvalue weighted by Crippen LogP contribution is -2.28. The van der Waals surface area contributed by atoms with Gasteiger partial charge in [-0.3, -0.25) is 4.98 Å². The number of ether oxygens (including phenoxy) is 1. The summed E-state index contributed by atoms with van der Waals surface area (Å²) in [5.41, 5.74) is 2.26. The Kier molecular flexibility index (Phi) is 4.51. The first-order valence-electron chi connectivity index (χ1n) is 6.71. The van der Waals surface area contributed by atoms with Crippen molar-refractivity contribution in [2.75, 3.05) is 13.7 Å². The van der Waals surface area contributed by atoms with Gasteiger partial charge < -0.3 is 10.1 Å². The van der Waals surface area contributed by atoms with E-state index in [2.05, 4.69) is 48.4 Å². The van der Waals surface area contributed by atoms with Crippen LogP contribution in [0.5, 0.6) is 0 Å². The molecule has 0 bridgehead atoms. The number of hydrogen-bond donors (Lipinski definition) is 1. The fourth-order valence-electron chi connectivity index (χ4n) is 2.02. The van der Waals surface area contributed by atoms with Gasteiger partial charge in [-0.05, 0) is 38.4 Å². The summed E-state index contributed by atoms with van der Waals surface area (Å²) in [6.07, 6.45) is 2.83. The average molecular weight is 258 g/mol. The molecule has 0 amide bonds. The van der Waals surface area contributed by atoms with Crippen LogP contribution in [0.3, 0.4) is 0 Å². The summed E-state index contributed by atoms with van der Waals surface area (Å²) in [6.45, 7) is 5.99. The molecule has 0 fully saturated rings. The van der Waals surface area contributed by atoms with Gasteiger partial charge in [-0.2, -0.15) is 0 Å². The maximum Gasteiger partial charge on any atom is 0.0746 e. The molecule has 0 aliphatic carbocycles. The minimum Gasteiger partial charge on any atom is -0.379 e. The molecule has 0 aliphatic heterocycles. The van der Waals surface area contributed by atoms with Gasteiger partial charge in [0.15, 0.2) is 0 Å². The SMILES string of the molecule is COC(C)(C)CCNCc1cccc2cccnc12. The Hall–Kier alpha value is -1.45. The van der Waals surface area contributed by atoms with Gasteiger partial charge in [-0.25, -0.2) is 0 Å². The van der Waals surface area contributed by atoms with Crippen LogP contribution in [0.25, 0.3) is 10.9 Å². The zero-order valence-corrected chi connectivity index (χ0v) is 11.9. The van der Waals surface area contributed by atoms with Gasteiger partial charge in [-0.1, -0.05) is 24.3 Å². The lowest BCUT2D eigenvalue weighted by atomic mass is 10.1. The van der Waals surface area contributed by atoms with Crippen molar-refractivity contribution in [2.24, 2.45) is 0 Å². The summed E-state index contributed by atoms with van der Waals surface area (Å²) in [5, 5.41) is 4.66. The smallest absolute Gasteiger partial charge is 0.0746 e. The fourth-order valence-corrected chi connectivity index (χ4v) is 2.02. The van der Waals surface area contributed by atoms with Gasteiger partial charge in [0, 0.05) is 25.2 Å². The maximum atomic E-state index is 5.41. The summed E-state index contributed by atoms with van der Waals surface area (Å²) in [7, 11) is 1.76.